The average molecular weight is 239 g/mol. The summed E-state index contributed by atoms with van der Waals surface area (Å²) in [4.78, 5) is 11.9. The molecular formula is C16H17NO. The number of carbonyl (C=O) groups is 1. The number of benzene rings is 1. The monoisotopic (exact) mass is 239 g/mol. The minimum Gasteiger partial charge on any atom is -0.298 e. The Morgan fingerprint density at radius 2 is 2.00 bits per heavy atom. The molecule has 0 bridgehead atoms. The van der Waals surface area contributed by atoms with Crippen LogP contribution in [0.1, 0.15) is 38.7 Å². The quantitative estimate of drug-likeness (QED) is 0.756. The van der Waals surface area contributed by atoms with Crippen LogP contribution in [0.25, 0.3) is 0 Å². The lowest BCUT2D eigenvalue weighted by Crippen LogP contribution is -2.25. The van der Waals surface area contributed by atoms with E-state index in [4.69, 9.17) is 5.26 Å². The Balaban J connectivity index is 2.96. The minimum absolute atomic E-state index is 0.0983. The van der Waals surface area contributed by atoms with Crippen molar-refractivity contribution in [1.82, 2.24) is 0 Å². The van der Waals surface area contributed by atoms with Crippen LogP contribution in [-0.4, -0.2) is 5.78 Å². The van der Waals surface area contributed by atoms with Gasteiger partial charge in [0.05, 0.1) is 11.5 Å². The van der Waals surface area contributed by atoms with E-state index in [1.165, 1.54) is 0 Å². The number of Topliss-reactive ketones (excluding diaryl/α,β-unsaturated/α-hetero) is 1. The fourth-order valence-electron chi connectivity index (χ4n) is 1.70. The standard InChI is InChI=1S/C16H17NO/c1-3-15(18)16(2,11-7-13-17)12-10-14-8-5-4-6-9-14/h4-6,8-9H,3,7,11H2,1-2H3. The number of nitrogens with zero attached hydrogens (tertiary/aromatic N) is 1. The Morgan fingerprint density at radius 3 is 2.56 bits per heavy atom. The summed E-state index contributed by atoms with van der Waals surface area (Å²) in [5.74, 6) is 6.17. The Hall–Kier alpha value is -2.06. The third-order valence-corrected chi connectivity index (χ3v) is 2.93. The highest BCUT2D eigenvalue weighted by Crippen LogP contribution is 2.25. The van der Waals surface area contributed by atoms with Crippen LogP contribution in [-0.2, 0) is 4.79 Å². The molecule has 0 aliphatic carbocycles. The minimum atomic E-state index is -0.708. The maximum absolute atomic E-state index is 11.9. The summed E-state index contributed by atoms with van der Waals surface area (Å²) in [6.45, 7) is 3.66. The van der Waals surface area contributed by atoms with Crippen molar-refractivity contribution in [1.29, 1.82) is 5.26 Å². The highest BCUT2D eigenvalue weighted by Gasteiger charge is 2.28. The number of ketones is 1. The van der Waals surface area contributed by atoms with Gasteiger partial charge in [-0.25, -0.2) is 0 Å². The molecule has 18 heavy (non-hydrogen) atoms. The van der Waals surface area contributed by atoms with Crippen molar-refractivity contribution in [3.63, 3.8) is 0 Å². The van der Waals surface area contributed by atoms with Crippen LogP contribution in [0.5, 0.6) is 0 Å². The zero-order chi connectivity index (χ0) is 13.4. The maximum atomic E-state index is 11.9. The van der Waals surface area contributed by atoms with Crippen LogP contribution in [0.4, 0.5) is 0 Å². The van der Waals surface area contributed by atoms with E-state index in [2.05, 4.69) is 17.9 Å². The summed E-state index contributed by atoms with van der Waals surface area (Å²) < 4.78 is 0. The molecule has 0 spiro atoms. The molecule has 1 rings (SSSR count). The van der Waals surface area contributed by atoms with Gasteiger partial charge in [-0.05, 0) is 25.5 Å². The summed E-state index contributed by atoms with van der Waals surface area (Å²) >= 11 is 0. The zero-order valence-electron chi connectivity index (χ0n) is 10.9. The number of hydrogen-bond donors (Lipinski definition) is 0. The van der Waals surface area contributed by atoms with Gasteiger partial charge in [0.15, 0.2) is 0 Å². The summed E-state index contributed by atoms with van der Waals surface area (Å²) in [5.41, 5.74) is 0.185. The molecule has 0 saturated carbocycles. The molecule has 1 atom stereocenters. The van der Waals surface area contributed by atoms with Gasteiger partial charge in [-0.1, -0.05) is 37.0 Å². The van der Waals surface area contributed by atoms with Crippen molar-refractivity contribution in [2.24, 2.45) is 5.41 Å². The molecule has 0 aliphatic heterocycles. The van der Waals surface area contributed by atoms with E-state index in [9.17, 15) is 4.79 Å². The smallest absolute Gasteiger partial charge is 0.150 e. The lowest BCUT2D eigenvalue weighted by molar-refractivity contribution is -0.125. The second kappa shape index (κ2) is 6.62. The third kappa shape index (κ3) is 3.75. The first-order valence-electron chi connectivity index (χ1n) is 6.11. The summed E-state index contributed by atoms with van der Waals surface area (Å²) in [7, 11) is 0. The summed E-state index contributed by atoms with van der Waals surface area (Å²) in [6.07, 6.45) is 1.30. The van der Waals surface area contributed by atoms with Crippen LogP contribution < -0.4 is 0 Å². The molecule has 0 amide bonds. The molecule has 1 aromatic rings. The molecule has 2 nitrogen and oxygen atoms in total. The van der Waals surface area contributed by atoms with Gasteiger partial charge < -0.3 is 0 Å². The van der Waals surface area contributed by atoms with Crippen molar-refractivity contribution in [3.8, 4) is 17.9 Å². The van der Waals surface area contributed by atoms with E-state index in [0.717, 1.165) is 5.56 Å². The third-order valence-electron chi connectivity index (χ3n) is 2.93. The normalized spacial score (nSPS) is 12.7. The Morgan fingerprint density at radius 1 is 1.33 bits per heavy atom. The molecule has 1 aromatic carbocycles. The molecule has 0 saturated heterocycles. The van der Waals surface area contributed by atoms with Crippen molar-refractivity contribution in [2.75, 3.05) is 0 Å². The van der Waals surface area contributed by atoms with Gasteiger partial charge in [-0.3, -0.25) is 4.79 Å². The van der Waals surface area contributed by atoms with E-state index >= 15 is 0 Å². The first-order valence-corrected chi connectivity index (χ1v) is 6.11. The predicted molar refractivity (Wildman–Crippen MR) is 71.6 cm³/mol. The molecule has 2 heteroatoms. The fraction of sp³-hybridized carbons (Fsp3) is 0.375. The lowest BCUT2D eigenvalue weighted by atomic mass is 9.80. The van der Waals surface area contributed by atoms with E-state index in [-0.39, 0.29) is 5.78 Å². The molecule has 0 N–H and O–H groups in total. The second-order valence-electron chi connectivity index (χ2n) is 4.38. The number of carbonyl (C=O) groups excluding carboxylic acids is 1. The Labute approximate surface area is 109 Å². The summed E-state index contributed by atoms with van der Waals surface area (Å²) in [6, 6.07) is 11.7. The van der Waals surface area contributed by atoms with E-state index < -0.39 is 5.41 Å². The largest absolute Gasteiger partial charge is 0.298 e. The number of rotatable bonds is 4. The van der Waals surface area contributed by atoms with Crippen LogP contribution in [0.15, 0.2) is 30.3 Å². The Kier molecular flexibility index (Phi) is 5.15. The van der Waals surface area contributed by atoms with Crippen LogP contribution >= 0.6 is 0 Å². The van der Waals surface area contributed by atoms with Gasteiger partial charge in [0, 0.05) is 18.4 Å². The molecule has 0 aromatic heterocycles. The second-order valence-corrected chi connectivity index (χ2v) is 4.38. The van der Waals surface area contributed by atoms with E-state index in [1.807, 2.05) is 44.2 Å². The highest BCUT2D eigenvalue weighted by atomic mass is 16.1. The highest BCUT2D eigenvalue weighted by molar-refractivity contribution is 5.87. The van der Waals surface area contributed by atoms with Gasteiger partial charge in [-0.2, -0.15) is 5.26 Å². The van der Waals surface area contributed by atoms with Crippen molar-refractivity contribution < 1.29 is 4.79 Å². The van der Waals surface area contributed by atoms with Crippen molar-refractivity contribution in [3.05, 3.63) is 35.9 Å². The van der Waals surface area contributed by atoms with Crippen LogP contribution in [0.3, 0.4) is 0 Å². The SMILES string of the molecule is CCC(=O)C(C)(C#Cc1ccccc1)CCC#N. The van der Waals surface area contributed by atoms with Gasteiger partial charge >= 0.3 is 0 Å². The average Bonchev–Trinajstić information content (AvgIpc) is 2.43. The van der Waals surface area contributed by atoms with E-state index in [1.54, 1.807) is 0 Å². The molecule has 1 unspecified atom stereocenters. The molecule has 0 aliphatic rings. The molecule has 0 radical (unpaired) electrons. The van der Waals surface area contributed by atoms with Crippen molar-refractivity contribution in [2.45, 2.75) is 33.1 Å². The van der Waals surface area contributed by atoms with Crippen LogP contribution in [0, 0.1) is 28.6 Å². The van der Waals surface area contributed by atoms with Crippen molar-refractivity contribution >= 4 is 5.78 Å². The maximum Gasteiger partial charge on any atom is 0.150 e. The predicted octanol–water partition coefficient (Wildman–Crippen LogP) is 3.33. The zero-order valence-corrected chi connectivity index (χ0v) is 10.9. The fourth-order valence-corrected chi connectivity index (χ4v) is 1.70. The Bertz CT molecular complexity index is 501. The molecule has 0 heterocycles. The number of hydrogen-bond acceptors (Lipinski definition) is 2. The van der Waals surface area contributed by atoms with Gasteiger partial charge in [-0.15, -0.1) is 0 Å². The van der Waals surface area contributed by atoms with Crippen LogP contribution in [0.2, 0.25) is 0 Å². The lowest BCUT2D eigenvalue weighted by Gasteiger charge is -2.19. The first-order chi connectivity index (χ1) is 8.62. The van der Waals surface area contributed by atoms with Gasteiger partial charge in [0.2, 0.25) is 0 Å². The molecule has 92 valence electrons. The molecule has 0 fully saturated rings. The molecular weight excluding hydrogens is 222 g/mol. The van der Waals surface area contributed by atoms with E-state index in [0.29, 0.717) is 19.3 Å². The first kappa shape index (κ1) is 14.0. The summed E-state index contributed by atoms with van der Waals surface area (Å²) in [5, 5.41) is 8.66. The number of nitriles is 1. The van der Waals surface area contributed by atoms with Gasteiger partial charge in [0.25, 0.3) is 0 Å². The topological polar surface area (TPSA) is 40.9 Å². The van der Waals surface area contributed by atoms with Gasteiger partial charge in [0.1, 0.15) is 5.78 Å².